The maximum Gasteiger partial charge on any atom is 0.265 e. The van der Waals surface area contributed by atoms with Crippen LogP contribution in [-0.2, 0) is 6.42 Å². The highest BCUT2D eigenvalue weighted by molar-refractivity contribution is 14.1. The summed E-state index contributed by atoms with van der Waals surface area (Å²) in [6.07, 6.45) is -2.78. The topological polar surface area (TPSA) is 36.7 Å². The predicted molar refractivity (Wildman–Crippen MR) is 56.2 cm³/mol. The molecule has 1 heterocycles. The third kappa shape index (κ3) is 2.51. The second kappa shape index (κ2) is 4.84. The van der Waals surface area contributed by atoms with Gasteiger partial charge < -0.3 is 0 Å². The average Bonchev–Trinajstić information content (AvgIpc) is 2.11. The fourth-order valence-corrected chi connectivity index (χ4v) is 1.53. The number of hydrogen-bond acceptors (Lipinski definition) is 2. The number of halogens is 4. The monoisotopic (exact) mass is 328 g/mol. The Morgan fingerprint density at radius 2 is 2.29 bits per heavy atom. The van der Waals surface area contributed by atoms with Gasteiger partial charge in [-0.3, -0.25) is 0 Å². The Hall–Kier alpha value is -0.480. The number of rotatable bonds is 2. The SMILES string of the molecule is N#CCc1nc(Cl)c(I)cc1C(F)F. The summed E-state index contributed by atoms with van der Waals surface area (Å²) in [4.78, 5) is 3.74. The highest BCUT2D eigenvalue weighted by atomic mass is 127. The molecule has 1 rings (SSSR count). The summed E-state index contributed by atoms with van der Waals surface area (Å²) in [6.45, 7) is 0. The van der Waals surface area contributed by atoms with Crippen LogP contribution in [0.4, 0.5) is 8.78 Å². The van der Waals surface area contributed by atoms with Gasteiger partial charge in [-0.25, -0.2) is 13.8 Å². The Balaban J connectivity index is 3.25. The number of alkyl halides is 2. The molecule has 1 aromatic rings. The minimum absolute atomic E-state index is 0.0490. The maximum atomic E-state index is 12.5. The van der Waals surface area contributed by atoms with Crippen LogP contribution in [0.25, 0.3) is 0 Å². The Morgan fingerprint density at radius 1 is 1.64 bits per heavy atom. The Kier molecular flexibility index (Phi) is 4.01. The third-order valence-corrected chi connectivity index (χ3v) is 2.96. The van der Waals surface area contributed by atoms with Crippen LogP contribution in [0.2, 0.25) is 5.15 Å². The number of pyridine rings is 1. The third-order valence-electron chi connectivity index (χ3n) is 1.53. The molecule has 0 fully saturated rings. The van der Waals surface area contributed by atoms with Gasteiger partial charge in [0.15, 0.2) is 0 Å². The molecule has 0 N–H and O–H groups in total. The summed E-state index contributed by atoms with van der Waals surface area (Å²) in [6, 6.07) is 3.03. The molecular weight excluding hydrogens is 324 g/mol. The smallest absolute Gasteiger partial charge is 0.238 e. The molecule has 0 saturated heterocycles. The molecule has 0 unspecified atom stereocenters. The van der Waals surface area contributed by atoms with Crippen LogP contribution in [0.1, 0.15) is 17.7 Å². The highest BCUT2D eigenvalue weighted by Crippen LogP contribution is 2.27. The van der Waals surface area contributed by atoms with E-state index in [1.807, 2.05) is 22.6 Å². The fraction of sp³-hybridized carbons (Fsp3) is 0.250. The molecule has 6 heteroatoms. The summed E-state index contributed by atoms with van der Waals surface area (Å²) in [5.41, 5.74) is -0.173. The number of nitriles is 1. The van der Waals surface area contributed by atoms with Crippen LogP contribution < -0.4 is 0 Å². The first-order valence-corrected chi connectivity index (χ1v) is 5.02. The van der Waals surface area contributed by atoms with Crippen molar-refractivity contribution in [2.75, 3.05) is 0 Å². The van der Waals surface area contributed by atoms with Crippen LogP contribution in [-0.4, -0.2) is 4.98 Å². The van der Waals surface area contributed by atoms with Crippen LogP contribution in [0.3, 0.4) is 0 Å². The van der Waals surface area contributed by atoms with E-state index in [-0.39, 0.29) is 22.8 Å². The van der Waals surface area contributed by atoms with Crippen molar-refractivity contribution in [3.63, 3.8) is 0 Å². The fourth-order valence-electron chi connectivity index (χ4n) is 0.921. The zero-order valence-electron chi connectivity index (χ0n) is 6.77. The molecule has 14 heavy (non-hydrogen) atoms. The van der Waals surface area contributed by atoms with Gasteiger partial charge >= 0.3 is 0 Å². The maximum absolute atomic E-state index is 12.5. The second-order valence-electron chi connectivity index (χ2n) is 2.43. The second-order valence-corrected chi connectivity index (χ2v) is 3.95. The van der Waals surface area contributed by atoms with Crippen molar-refractivity contribution in [1.29, 1.82) is 5.26 Å². The van der Waals surface area contributed by atoms with E-state index in [4.69, 9.17) is 16.9 Å². The van der Waals surface area contributed by atoms with Gasteiger partial charge in [0.2, 0.25) is 0 Å². The van der Waals surface area contributed by atoms with Gasteiger partial charge in [-0.05, 0) is 28.7 Å². The molecule has 0 radical (unpaired) electrons. The van der Waals surface area contributed by atoms with Gasteiger partial charge in [0.25, 0.3) is 6.43 Å². The molecule has 0 atom stereocenters. The largest absolute Gasteiger partial charge is 0.265 e. The lowest BCUT2D eigenvalue weighted by atomic mass is 10.1. The van der Waals surface area contributed by atoms with Crippen LogP contribution in [0, 0.1) is 14.9 Å². The average molecular weight is 328 g/mol. The highest BCUT2D eigenvalue weighted by Gasteiger charge is 2.16. The van der Waals surface area contributed by atoms with Crippen LogP contribution in [0.15, 0.2) is 6.07 Å². The lowest BCUT2D eigenvalue weighted by Gasteiger charge is -2.06. The van der Waals surface area contributed by atoms with Gasteiger partial charge in [-0.1, -0.05) is 11.6 Å². The first-order valence-electron chi connectivity index (χ1n) is 3.56. The predicted octanol–water partition coefficient (Wildman–Crippen LogP) is 3.34. The number of aromatic nitrogens is 1. The first kappa shape index (κ1) is 11.6. The van der Waals surface area contributed by atoms with Crippen molar-refractivity contribution in [3.8, 4) is 6.07 Å². The number of nitrogens with zero attached hydrogens (tertiary/aromatic N) is 2. The van der Waals surface area contributed by atoms with Gasteiger partial charge in [0, 0.05) is 5.56 Å². The first-order chi connectivity index (χ1) is 6.56. The minimum atomic E-state index is -2.63. The van der Waals surface area contributed by atoms with Gasteiger partial charge in [0.1, 0.15) is 5.15 Å². The van der Waals surface area contributed by atoms with Crippen molar-refractivity contribution in [2.24, 2.45) is 0 Å². The van der Waals surface area contributed by atoms with E-state index in [9.17, 15) is 8.78 Å². The molecule has 0 bridgehead atoms. The zero-order valence-corrected chi connectivity index (χ0v) is 9.68. The van der Waals surface area contributed by atoms with Gasteiger partial charge in [-0.2, -0.15) is 5.26 Å². The standard InChI is InChI=1S/C8H4ClF2IN2/c9-7-5(12)3-4(8(10)11)6(14-7)1-2-13/h3,8H,1H2. The molecule has 1 aromatic heterocycles. The number of hydrogen-bond donors (Lipinski definition) is 0. The summed E-state index contributed by atoms with van der Waals surface area (Å²) in [5.74, 6) is 0. The molecule has 0 aliphatic heterocycles. The summed E-state index contributed by atoms with van der Waals surface area (Å²) in [5, 5.41) is 8.56. The molecule has 0 amide bonds. The van der Waals surface area contributed by atoms with Crippen LogP contribution in [0.5, 0.6) is 0 Å². The van der Waals surface area contributed by atoms with E-state index in [0.717, 1.165) is 0 Å². The minimum Gasteiger partial charge on any atom is -0.238 e. The molecule has 2 nitrogen and oxygen atoms in total. The van der Waals surface area contributed by atoms with E-state index in [0.29, 0.717) is 3.57 Å². The molecular formula is C8H4ClF2IN2. The van der Waals surface area contributed by atoms with Gasteiger partial charge in [0.05, 0.1) is 21.8 Å². The van der Waals surface area contributed by atoms with Crippen LogP contribution >= 0.6 is 34.2 Å². The van der Waals surface area contributed by atoms with E-state index in [1.54, 1.807) is 6.07 Å². The Morgan fingerprint density at radius 3 is 2.79 bits per heavy atom. The van der Waals surface area contributed by atoms with E-state index >= 15 is 0 Å². The summed E-state index contributed by atoms with van der Waals surface area (Å²) < 4.78 is 25.4. The van der Waals surface area contributed by atoms with Crippen molar-refractivity contribution in [3.05, 3.63) is 26.0 Å². The van der Waals surface area contributed by atoms with E-state index in [2.05, 4.69) is 4.98 Å². The lowest BCUT2D eigenvalue weighted by molar-refractivity contribution is 0.150. The normalized spacial score (nSPS) is 10.3. The molecule has 0 saturated carbocycles. The van der Waals surface area contributed by atoms with Crippen molar-refractivity contribution in [2.45, 2.75) is 12.8 Å². The Bertz CT molecular complexity index is 390. The molecule has 0 spiro atoms. The summed E-state index contributed by atoms with van der Waals surface area (Å²) in [7, 11) is 0. The van der Waals surface area contributed by atoms with E-state index < -0.39 is 6.43 Å². The van der Waals surface area contributed by atoms with E-state index in [1.165, 1.54) is 6.07 Å². The van der Waals surface area contributed by atoms with Crippen molar-refractivity contribution >= 4 is 34.2 Å². The van der Waals surface area contributed by atoms with Crippen molar-refractivity contribution in [1.82, 2.24) is 4.98 Å². The quantitative estimate of drug-likeness (QED) is 0.617. The summed E-state index contributed by atoms with van der Waals surface area (Å²) >= 11 is 7.47. The molecule has 0 aliphatic rings. The molecule has 74 valence electrons. The zero-order chi connectivity index (χ0) is 10.7. The molecule has 0 aliphatic carbocycles. The van der Waals surface area contributed by atoms with Gasteiger partial charge in [-0.15, -0.1) is 0 Å². The Labute approximate surface area is 98.0 Å². The molecule has 0 aromatic carbocycles. The van der Waals surface area contributed by atoms with Crippen molar-refractivity contribution < 1.29 is 8.78 Å². The lowest BCUT2D eigenvalue weighted by Crippen LogP contribution is -1.99.